The van der Waals surface area contributed by atoms with E-state index in [-0.39, 0.29) is 11.3 Å². The molecule has 174 valence electrons. The molecule has 2 aromatic rings. The average molecular weight is 453 g/mol. The summed E-state index contributed by atoms with van der Waals surface area (Å²) in [5, 5.41) is 11.2. The molecule has 33 heavy (non-hydrogen) atoms. The molecule has 2 heterocycles. The Balaban J connectivity index is 1.70. The third-order valence-electron chi connectivity index (χ3n) is 6.35. The highest BCUT2D eigenvalue weighted by molar-refractivity contribution is 6.46. The van der Waals surface area contributed by atoms with Crippen molar-refractivity contribution < 1.29 is 23.8 Å². The minimum absolute atomic E-state index is 0.0479. The Kier molecular flexibility index (Phi) is 6.91. The van der Waals surface area contributed by atoms with E-state index in [2.05, 4.69) is 4.90 Å². The monoisotopic (exact) mass is 452 g/mol. The van der Waals surface area contributed by atoms with Crippen LogP contribution in [0.1, 0.15) is 34.7 Å². The van der Waals surface area contributed by atoms with Gasteiger partial charge in [-0.25, -0.2) is 4.39 Å². The number of benzene rings is 2. The number of hydrogen-bond donors (Lipinski definition) is 1. The first-order valence-electron chi connectivity index (χ1n) is 11.3. The van der Waals surface area contributed by atoms with Crippen LogP contribution in [0.15, 0.2) is 48.0 Å². The molecule has 1 N–H and O–H groups in total. The summed E-state index contributed by atoms with van der Waals surface area (Å²) in [7, 11) is 0. The van der Waals surface area contributed by atoms with Crippen LogP contribution in [-0.2, 0) is 14.3 Å². The molecule has 1 atom stereocenters. The van der Waals surface area contributed by atoms with E-state index in [9.17, 15) is 19.1 Å². The normalized spacial score (nSPS) is 21.1. The number of halogens is 1. The summed E-state index contributed by atoms with van der Waals surface area (Å²) in [4.78, 5) is 30.0. The van der Waals surface area contributed by atoms with Gasteiger partial charge in [-0.3, -0.25) is 14.5 Å². The number of ether oxygens (including phenoxy) is 1. The second kappa shape index (κ2) is 9.85. The van der Waals surface area contributed by atoms with Crippen molar-refractivity contribution in [3.05, 3.63) is 76.1 Å². The zero-order valence-corrected chi connectivity index (χ0v) is 19.0. The number of aliphatic hydroxyl groups excluding tert-OH is 1. The third kappa shape index (κ3) is 4.84. The smallest absolute Gasteiger partial charge is 0.295 e. The molecule has 0 aromatic heterocycles. The number of hydrogen-bond acceptors (Lipinski definition) is 5. The van der Waals surface area contributed by atoms with Crippen molar-refractivity contribution >= 4 is 17.4 Å². The molecule has 6 nitrogen and oxygen atoms in total. The van der Waals surface area contributed by atoms with Crippen LogP contribution in [0.2, 0.25) is 0 Å². The molecule has 2 saturated heterocycles. The molecule has 0 radical (unpaired) electrons. The number of carbonyl (C=O) groups is 2. The van der Waals surface area contributed by atoms with Crippen LogP contribution >= 0.6 is 0 Å². The standard InChI is InChI=1S/C26H29FN2O4/c1-17-4-5-18(2)21(16-17)24(30)22-23(19-6-8-20(27)9-7-19)29(26(32)25(22)31)11-3-10-28-12-14-33-15-13-28/h4-9,16,23,30H,3,10-15H2,1-2H3/b24-22+. The van der Waals surface area contributed by atoms with Crippen molar-refractivity contribution in [2.24, 2.45) is 0 Å². The lowest BCUT2D eigenvalue weighted by atomic mass is 9.93. The van der Waals surface area contributed by atoms with Gasteiger partial charge in [0, 0.05) is 31.7 Å². The highest BCUT2D eigenvalue weighted by atomic mass is 19.1. The Hall–Kier alpha value is -3.03. The molecule has 0 aliphatic carbocycles. The summed E-state index contributed by atoms with van der Waals surface area (Å²) >= 11 is 0. The summed E-state index contributed by atoms with van der Waals surface area (Å²) < 4.78 is 19.0. The topological polar surface area (TPSA) is 70.1 Å². The van der Waals surface area contributed by atoms with E-state index < -0.39 is 23.5 Å². The van der Waals surface area contributed by atoms with Gasteiger partial charge in [-0.05, 0) is 49.6 Å². The highest BCUT2D eigenvalue weighted by Gasteiger charge is 2.46. The molecule has 2 aliphatic heterocycles. The molecule has 0 saturated carbocycles. The Labute approximate surface area is 193 Å². The Morgan fingerprint density at radius 1 is 1.06 bits per heavy atom. The van der Waals surface area contributed by atoms with E-state index in [1.807, 2.05) is 26.0 Å². The van der Waals surface area contributed by atoms with Gasteiger partial charge in [0.15, 0.2) is 0 Å². The molecule has 4 rings (SSSR count). The van der Waals surface area contributed by atoms with Crippen LogP contribution < -0.4 is 0 Å². The largest absolute Gasteiger partial charge is 0.507 e. The SMILES string of the molecule is Cc1ccc(C)c(/C(O)=C2\C(=O)C(=O)N(CCCN3CCOCC3)C2c2ccc(F)cc2)c1. The number of morpholine rings is 1. The molecular weight excluding hydrogens is 423 g/mol. The lowest BCUT2D eigenvalue weighted by Gasteiger charge is -2.29. The van der Waals surface area contributed by atoms with E-state index in [4.69, 9.17) is 4.74 Å². The Bertz CT molecular complexity index is 1070. The number of Topliss-reactive ketones (excluding diaryl/α,β-unsaturated/α-hetero) is 1. The lowest BCUT2D eigenvalue weighted by Crippen LogP contribution is -2.38. The predicted octanol–water partition coefficient (Wildman–Crippen LogP) is 3.59. The van der Waals surface area contributed by atoms with Crippen molar-refractivity contribution in [3.63, 3.8) is 0 Å². The predicted molar refractivity (Wildman–Crippen MR) is 123 cm³/mol. The molecule has 1 unspecified atom stereocenters. The molecule has 0 spiro atoms. The van der Waals surface area contributed by atoms with Crippen LogP contribution in [0.4, 0.5) is 4.39 Å². The van der Waals surface area contributed by atoms with Crippen LogP contribution in [0.5, 0.6) is 0 Å². The molecule has 2 aromatic carbocycles. The number of aliphatic hydroxyl groups is 1. The number of likely N-dealkylation sites (tertiary alicyclic amines) is 1. The number of rotatable bonds is 6. The molecule has 1 amide bonds. The van der Waals surface area contributed by atoms with Crippen LogP contribution in [-0.4, -0.2) is 66.0 Å². The van der Waals surface area contributed by atoms with Gasteiger partial charge in [-0.15, -0.1) is 0 Å². The number of amides is 1. The average Bonchev–Trinajstić information content (AvgIpc) is 3.06. The second-order valence-corrected chi connectivity index (χ2v) is 8.67. The fraction of sp³-hybridized carbons (Fsp3) is 0.385. The third-order valence-corrected chi connectivity index (χ3v) is 6.35. The molecule has 2 aliphatic rings. The fourth-order valence-corrected chi connectivity index (χ4v) is 4.53. The zero-order valence-electron chi connectivity index (χ0n) is 19.0. The summed E-state index contributed by atoms with van der Waals surface area (Å²) in [5.41, 5.74) is 2.89. The van der Waals surface area contributed by atoms with Gasteiger partial charge in [0.2, 0.25) is 0 Å². The van der Waals surface area contributed by atoms with Gasteiger partial charge in [0.1, 0.15) is 11.6 Å². The van der Waals surface area contributed by atoms with Crippen LogP contribution in [0.25, 0.3) is 5.76 Å². The van der Waals surface area contributed by atoms with Gasteiger partial charge < -0.3 is 14.7 Å². The van der Waals surface area contributed by atoms with E-state index in [1.54, 1.807) is 18.2 Å². The van der Waals surface area contributed by atoms with Gasteiger partial charge >= 0.3 is 0 Å². The van der Waals surface area contributed by atoms with Crippen LogP contribution in [0.3, 0.4) is 0 Å². The van der Waals surface area contributed by atoms with E-state index in [1.165, 1.54) is 17.0 Å². The maximum absolute atomic E-state index is 13.6. The zero-order chi connectivity index (χ0) is 23.5. The van der Waals surface area contributed by atoms with E-state index in [0.29, 0.717) is 37.3 Å². The minimum atomic E-state index is -0.768. The maximum atomic E-state index is 13.6. The van der Waals surface area contributed by atoms with Crippen molar-refractivity contribution in [2.45, 2.75) is 26.3 Å². The number of carbonyl (C=O) groups excluding carboxylic acids is 2. The van der Waals surface area contributed by atoms with Crippen LogP contribution in [0, 0.1) is 19.7 Å². The highest BCUT2D eigenvalue weighted by Crippen LogP contribution is 2.40. The molecule has 0 bridgehead atoms. The van der Waals surface area contributed by atoms with E-state index in [0.717, 1.165) is 30.8 Å². The van der Waals surface area contributed by atoms with Crippen molar-refractivity contribution in [3.8, 4) is 0 Å². The van der Waals surface area contributed by atoms with Crippen molar-refractivity contribution in [2.75, 3.05) is 39.4 Å². The first-order chi connectivity index (χ1) is 15.9. The van der Waals surface area contributed by atoms with Crippen molar-refractivity contribution in [1.29, 1.82) is 0 Å². The Morgan fingerprint density at radius 3 is 2.45 bits per heavy atom. The van der Waals surface area contributed by atoms with Gasteiger partial charge in [0.05, 0.1) is 24.8 Å². The summed E-state index contributed by atoms with van der Waals surface area (Å²) in [5.74, 6) is -1.95. The molecule has 2 fully saturated rings. The first kappa shape index (κ1) is 23.1. The number of aryl methyl sites for hydroxylation is 2. The first-order valence-corrected chi connectivity index (χ1v) is 11.3. The number of ketones is 1. The second-order valence-electron chi connectivity index (χ2n) is 8.67. The maximum Gasteiger partial charge on any atom is 0.295 e. The number of nitrogens with zero attached hydrogens (tertiary/aromatic N) is 2. The molecular formula is C26H29FN2O4. The van der Waals surface area contributed by atoms with Gasteiger partial charge in [-0.2, -0.15) is 0 Å². The minimum Gasteiger partial charge on any atom is -0.507 e. The fourth-order valence-electron chi connectivity index (χ4n) is 4.53. The quantitative estimate of drug-likeness (QED) is 0.412. The van der Waals surface area contributed by atoms with Gasteiger partial charge in [-0.1, -0.05) is 29.8 Å². The van der Waals surface area contributed by atoms with E-state index >= 15 is 0 Å². The lowest BCUT2D eigenvalue weighted by molar-refractivity contribution is -0.140. The Morgan fingerprint density at radius 2 is 1.76 bits per heavy atom. The van der Waals surface area contributed by atoms with Gasteiger partial charge in [0.25, 0.3) is 11.7 Å². The van der Waals surface area contributed by atoms with Crippen molar-refractivity contribution in [1.82, 2.24) is 9.80 Å². The summed E-state index contributed by atoms with van der Waals surface area (Å²) in [6, 6.07) is 10.6. The summed E-state index contributed by atoms with van der Waals surface area (Å²) in [6.45, 7) is 7.94. The molecule has 7 heteroatoms. The summed E-state index contributed by atoms with van der Waals surface area (Å²) in [6.07, 6.45) is 0.675.